The Bertz CT molecular complexity index is 857. The molecule has 1 aliphatic heterocycles. The van der Waals surface area contributed by atoms with Crippen LogP contribution in [0, 0.1) is 18.7 Å². The van der Waals surface area contributed by atoms with E-state index in [2.05, 4.69) is 5.32 Å². The maximum Gasteiger partial charge on any atom is 0.229 e. The van der Waals surface area contributed by atoms with Crippen LogP contribution in [0.1, 0.15) is 12.0 Å². The number of rotatable bonds is 3. The van der Waals surface area contributed by atoms with E-state index < -0.39 is 5.92 Å². The average molecular weight is 381 g/mol. The van der Waals surface area contributed by atoms with E-state index in [1.54, 1.807) is 25.1 Å². The molecule has 0 aliphatic carbocycles. The van der Waals surface area contributed by atoms with Gasteiger partial charge in [-0.1, -0.05) is 29.3 Å². The molecule has 1 saturated heterocycles. The first-order valence-corrected chi connectivity index (χ1v) is 8.44. The van der Waals surface area contributed by atoms with Gasteiger partial charge in [0.05, 0.1) is 21.7 Å². The van der Waals surface area contributed by atoms with Crippen molar-refractivity contribution < 1.29 is 14.0 Å². The van der Waals surface area contributed by atoms with Crippen molar-refractivity contribution in [1.82, 2.24) is 0 Å². The van der Waals surface area contributed by atoms with Gasteiger partial charge in [0.15, 0.2) is 0 Å². The first-order chi connectivity index (χ1) is 11.9. The molecule has 0 saturated carbocycles. The van der Waals surface area contributed by atoms with Crippen LogP contribution in [-0.2, 0) is 9.59 Å². The third-order valence-electron chi connectivity index (χ3n) is 4.16. The molecule has 0 spiro atoms. The standard InChI is InChI=1S/C18H15Cl2FN2O2/c1-10-7-12(21)5-6-14(10)22-18(25)11-8-16(24)23(9-11)15-4-2-3-13(19)17(15)20/h2-7,11H,8-9H2,1H3,(H,22,25)/t11-/m1/s1. The van der Waals surface area contributed by atoms with E-state index in [0.29, 0.717) is 22.0 Å². The number of carbonyl (C=O) groups excluding carboxylic acids is 2. The Labute approximate surface area is 154 Å². The Balaban J connectivity index is 1.75. The molecule has 1 N–H and O–H groups in total. The van der Waals surface area contributed by atoms with Crippen molar-refractivity contribution in [3.63, 3.8) is 0 Å². The second-order valence-corrected chi connectivity index (χ2v) is 6.71. The molecule has 0 aromatic heterocycles. The fourth-order valence-corrected chi connectivity index (χ4v) is 3.22. The van der Waals surface area contributed by atoms with Gasteiger partial charge in [-0.25, -0.2) is 4.39 Å². The molecule has 3 rings (SSSR count). The molecule has 1 atom stereocenters. The lowest BCUT2D eigenvalue weighted by atomic mass is 10.1. The summed E-state index contributed by atoms with van der Waals surface area (Å²) in [5.41, 5.74) is 1.64. The molecule has 130 valence electrons. The Morgan fingerprint density at radius 1 is 1.28 bits per heavy atom. The number of anilines is 2. The van der Waals surface area contributed by atoms with Crippen molar-refractivity contribution in [3.05, 3.63) is 57.8 Å². The van der Waals surface area contributed by atoms with E-state index in [-0.39, 0.29) is 35.6 Å². The number of amides is 2. The highest BCUT2D eigenvalue weighted by atomic mass is 35.5. The third-order valence-corrected chi connectivity index (χ3v) is 4.97. The number of carbonyl (C=O) groups is 2. The maximum absolute atomic E-state index is 13.2. The maximum atomic E-state index is 13.2. The van der Waals surface area contributed by atoms with Crippen LogP contribution in [0.2, 0.25) is 10.0 Å². The molecule has 7 heteroatoms. The molecular weight excluding hydrogens is 366 g/mol. The molecule has 0 unspecified atom stereocenters. The van der Waals surface area contributed by atoms with Crippen molar-refractivity contribution in [1.29, 1.82) is 0 Å². The van der Waals surface area contributed by atoms with Crippen LogP contribution in [-0.4, -0.2) is 18.4 Å². The lowest BCUT2D eigenvalue weighted by molar-refractivity contribution is -0.122. The zero-order valence-electron chi connectivity index (χ0n) is 13.4. The molecule has 1 aliphatic rings. The van der Waals surface area contributed by atoms with Gasteiger partial charge in [-0.2, -0.15) is 0 Å². The minimum absolute atomic E-state index is 0.0783. The summed E-state index contributed by atoms with van der Waals surface area (Å²) in [7, 11) is 0. The number of nitrogens with one attached hydrogen (secondary N) is 1. The van der Waals surface area contributed by atoms with Crippen LogP contribution in [0.15, 0.2) is 36.4 Å². The SMILES string of the molecule is Cc1cc(F)ccc1NC(=O)[C@@H]1CC(=O)N(c2cccc(Cl)c2Cl)C1. The molecule has 2 aromatic rings. The van der Waals surface area contributed by atoms with E-state index in [9.17, 15) is 14.0 Å². The van der Waals surface area contributed by atoms with Gasteiger partial charge in [-0.15, -0.1) is 0 Å². The number of halogens is 3. The number of benzene rings is 2. The van der Waals surface area contributed by atoms with E-state index >= 15 is 0 Å². The highest BCUT2D eigenvalue weighted by Gasteiger charge is 2.36. The molecule has 2 amide bonds. The van der Waals surface area contributed by atoms with E-state index in [4.69, 9.17) is 23.2 Å². The molecule has 25 heavy (non-hydrogen) atoms. The predicted octanol–water partition coefficient (Wildman–Crippen LogP) is 4.43. The first kappa shape index (κ1) is 17.7. The van der Waals surface area contributed by atoms with Gasteiger partial charge in [0.25, 0.3) is 0 Å². The lowest BCUT2D eigenvalue weighted by Gasteiger charge is -2.18. The monoisotopic (exact) mass is 380 g/mol. The summed E-state index contributed by atoms with van der Waals surface area (Å²) in [5, 5.41) is 3.39. The quantitative estimate of drug-likeness (QED) is 0.855. The molecule has 0 radical (unpaired) electrons. The van der Waals surface area contributed by atoms with Crippen molar-refractivity contribution in [2.75, 3.05) is 16.8 Å². The number of hydrogen-bond acceptors (Lipinski definition) is 2. The predicted molar refractivity (Wildman–Crippen MR) is 96.7 cm³/mol. The second-order valence-electron chi connectivity index (χ2n) is 5.93. The molecule has 0 bridgehead atoms. The van der Waals surface area contributed by atoms with Gasteiger partial charge in [-0.05, 0) is 42.8 Å². The van der Waals surface area contributed by atoms with Crippen LogP contribution in [0.25, 0.3) is 0 Å². The van der Waals surface area contributed by atoms with Crippen LogP contribution in [0.3, 0.4) is 0 Å². The summed E-state index contributed by atoms with van der Waals surface area (Å²) in [4.78, 5) is 26.3. The first-order valence-electron chi connectivity index (χ1n) is 7.68. The summed E-state index contributed by atoms with van der Waals surface area (Å²) < 4.78 is 13.2. The lowest BCUT2D eigenvalue weighted by Crippen LogP contribution is -2.28. The largest absolute Gasteiger partial charge is 0.326 e. The van der Waals surface area contributed by atoms with Crippen LogP contribution < -0.4 is 10.2 Å². The zero-order chi connectivity index (χ0) is 18.1. The number of hydrogen-bond donors (Lipinski definition) is 1. The molecule has 2 aromatic carbocycles. The van der Waals surface area contributed by atoms with Crippen LogP contribution >= 0.6 is 23.2 Å². The summed E-state index contributed by atoms with van der Waals surface area (Å²) in [6, 6.07) is 9.15. The third kappa shape index (κ3) is 3.62. The zero-order valence-corrected chi connectivity index (χ0v) is 14.9. The Hall–Kier alpha value is -2.11. The fourth-order valence-electron chi connectivity index (χ4n) is 2.82. The van der Waals surface area contributed by atoms with Crippen molar-refractivity contribution >= 4 is 46.4 Å². The average Bonchev–Trinajstić information content (AvgIpc) is 2.94. The van der Waals surface area contributed by atoms with Gasteiger partial charge in [-0.3, -0.25) is 9.59 Å². The Morgan fingerprint density at radius 2 is 2.04 bits per heavy atom. The molecular formula is C18H15Cl2FN2O2. The highest BCUT2D eigenvalue weighted by molar-refractivity contribution is 6.44. The minimum Gasteiger partial charge on any atom is -0.326 e. The van der Waals surface area contributed by atoms with Crippen molar-refractivity contribution in [3.8, 4) is 0 Å². The van der Waals surface area contributed by atoms with Gasteiger partial charge >= 0.3 is 0 Å². The highest BCUT2D eigenvalue weighted by Crippen LogP contribution is 2.36. The van der Waals surface area contributed by atoms with Crippen LogP contribution in [0.4, 0.5) is 15.8 Å². The van der Waals surface area contributed by atoms with E-state index in [1.165, 1.54) is 23.1 Å². The molecule has 4 nitrogen and oxygen atoms in total. The summed E-state index contributed by atoms with van der Waals surface area (Å²) in [6.07, 6.45) is 0.0783. The van der Waals surface area contributed by atoms with Gasteiger partial charge in [0.2, 0.25) is 11.8 Å². The minimum atomic E-state index is -0.521. The fraction of sp³-hybridized carbons (Fsp3) is 0.222. The smallest absolute Gasteiger partial charge is 0.229 e. The van der Waals surface area contributed by atoms with Gasteiger partial charge < -0.3 is 10.2 Å². The molecule has 1 heterocycles. The van der Waals surface area contributed by atoms with Crippen molar-refractivity contribution in [2.45, 2.75) is 13.3 Å². The summed E-state index contributed by atoms with van der Waals surface area (Å²) in [5.74, 6) is -1.37. The molecule has 1 fully saturated rings. The van der Waals surface area contributed by atoms with Gasteiger partial charge in [0.1, 0.15) is 5.82 Å². The second kappa shape index (κ2) is 7.02. The normalized spacial score (nSPS) is 17.0. The van der Waals surface area contributed by atoms with E-state index in [0.717, 1.165) is 0 Å². The van der Waals surface area contributed by atoms with Gasteiger partial charge in [0, 0.05) is 18.7 Å². The summed E-state index contributed by atoms with van der Waals surface area (Å²) in [6.45, 7) is 1.92. The topological polar surface area (TPSA) is 49.4 Å². The van der Waals surface area contributed by atoms with Crippen LogP contribution in [0.5, 0.6) is 0 Å². The summed E-state index contributed by atoms with van der Waals surface area (Å²) >= 11 is 12.2. The Kier molecular flexibility index (Phi) is 4.97. The van der Waals surface area contributed by atoms with Crippen molar-refractivity contribution in [2.24, 2.45) is 5.92 Å². The number of nitrogens with zero attached hydrogens (tertiary/aromatic N) is 1. The number of aryl methyl sites for hydroxylation is 1. The Morgan fingerprint density at radius 3 is 2.76 bits per heavy atom. The van der Waals surface area contributed by atoms with E-state index in [1.807, 2.05) is 0 Å².